The number of benzene rings is 2. The standard InChI is InChI=1S/C18H17ClN6O2S/c1-11(16(26)22-23-17(27)12-6-3-2-4-7-12)28-18-24-21-15(25(18)20)13-8-5-9-14(19)10-13/h2-11H,20H2,1H3,(H,22,26)(H,23,27)/t11-/m1/s1. The summed E-state index contributed by atoms with van der Waals surface area (Å²) in [4.78, 5) is 24.2. The number of halogens is 1. The Morgan fingerprint density at radius 3 is 2.57 bits per heavy atom. The van der Waals surface area contributed by atoms with Crippen molar-refractivity contribution < 1.29 is 9.59 Å². The second kappa shape index (κ2) is 8.77. The van der Waals surface area contributed by atoms with Gasteiger partial charge in [-0.05, 0) is 31.2 Å². The molecule has 10 heteroatoms. The van der Waals surface area contributed by atoms with Crippen LogP contribution in [0.2, 0.25) is 5.02 Å². The Bertz CT molecular complexity index is 995. The molecule has 1 atom stereocenters. The fraction of sp³-hybridized carbons (Fsp3) is 0.111. The van der Waals surface area contributed by atoms with Gasteiger partial charge in [0, 0.05) is 16.1 Å². The van der Waals surface area contributed by atoms with Crippen LogP contribution in [-0.4, -0.2) is 31.9 Å². The maximum atomic E-state index is 12.3. The molecule has 8 nitrogen and oxygen atoms in total. The molecule has 0 aliphatic rings. The lowest BCUT2D eigenvalue weighted by atomic mass is 10.2. The SMILES string of the molecule is C[C@@H](Sc1nnc(-c2cccc(Cl)c2)n1N)C(=O)NNC(=O)c1ccccc1. The van der Waals surface area contributed by atoms with E-state index in [0.29, 0.717) is 27.1 Å². The first kappa shape index (κ1) is 19.7. The van der Waals surface area contributed by atoms with E-state index in [4.69, 9.17) is 17.4 Å². The van der Waals surface area contributed by atoms with Crippen molar-refractivity contribution in [2.24, 2.45) is 0 Å². The summed E-state index contributed by atoms with van der Waals surface area (Å²) in [7, 11) is 0. The number of hydrogen-bond acceptors (Lipinski definition) is 6. The Labute approximate surface area is 170 Å². The fourth-order valence-corrected chi connectivity index (χ4v) is 3.24. The van der Waals surface area contributed by atoms with Gasteiger partial charge in [0.2, 0.25) is 5.16 Å². The Morgan fingerprint density at radius 1 is 1.11 bits per heavy atom. The summed E-state index contributed by atoms with van der Waals surface area (Å²) in [5, 5.41) is 8.42. The van der Waals surface area contributed by atoms with Crippen molar-refractivity contribution in [2.75, 3.05) is 5.84 Å². The molecule has 0 radical (unpaired) electrons. The van der Waals surface area contributed by atoms with Gasteiger partial charge >= 0.3 is 0 Å². The molecule has 0 bridgehead atoms. The number of thioether (sulfide) groups is 1. The van der Waals surface area contributed by atoms with Crippen molar-refractivity contribution in [3.8, 4) is 11.4 Å². The molecule has 0 saturated heterocycles. The number of carbonyl (C=O) groups excluding carboxylic acids is 2. The summed E-state index contributed by atoms with van der Waals surface area (Å²) in [5.74, 6) is 5.68. The Balaban J connectivity index is 1.61. The van der Waals surface area contributed by atoms with Crippen molar-refractivity contribution in [2.45, 2.75) is 17.3 Å². The normalized spacial score (nSPS) is 11.6. The number of nitrogens with two attached hydrogens (primary N) is 1. The number of rotatable bonds is 5. The molecule has 0 aliphatic carbocycles. The highest BCUT2D eigenvalue weighted by Crippen LogP contribution is 2.26. The average Bonchev–Trinajstić information content (AvgIpc) is 3.06. The van der Waals surface area contributed by atoms with Gasteiger partial charge in [0.05, 0.1) is 5.25 Å². The van der Waals surface area contributed by atoms with Gasteiger partial charge in [0.1, 0.15) is 0 Å². The van der Waals surface area contributed by atoms with E-state index >= 15 is 0 Å². The molecule has 1 aromatic heterocycles. The van der Waals surface area contributed by atoms with Crippen LogP contribution in [0.5, 0.6) is 0 Å². The molecule has 0 fully saturated rings. The van der Waals surface area contributed by atoms with Crippen LogP contribution in [0.15, 0.2) is 59.8 Å². The molecule has 1 heterocycles. The first-order valence-electron chi connectivity index (χ1n) is 8.24. The molecule has 0 unspecified atom stereocenters. The zero-order valence-electron chi connectivity index (χ0n) is 14.8. The van der Waals surface area contributed by atoms with Crippen molar-refractivity contribution >= 4 is 35.2 Å². The molecule has 28 heavy (non-hydrogen) atoms. The Morgan fingerprint density at radius 2 is 1.86 bits per heavy atom. The zero-order valence-corrected chi connectivity index (χ0v) is 16.4. The third-order valence-corrected chi connectivity index (χ3v) is 5.03. The highest BCUT2D eigenvalue weighted by molar-refractivity contribution is 8.00. The second-order valence-electron chi connectivity index (χ2n) is 5.76. The molecule has 144 valence electrons. The van der Waals surface area contributed by atoms with E-state index in [9.17, 15) is 9.59 Å². The average molecular weight is 417 g/mol. The van der Waals surface area contributed by atoms with Gasteiger partial charge in [-0.1, -0.05) is 53.7 Å². The number of hydrogen-bond donors (Lipinski definition) is 3. The van der Waals surface area contributed by atoms with E-state index in [2.05, 4.69) is 21.0 Å². The summed E-state index contributed by atoms with van der Waals surface area (Å²) in [6.07, 6.45) is 0. The number of hydrazine groups is 1. The molecule has 0 saturated carbocycles. The summed E-state index contributed by atoms with van der Waals surface area (Å²) < 4.78 is 1.29. The smallest absolute Gasteiger partial charge is 0.269 e. The van der Waals surface area contributed by atoms with E-state index in [1.54, 1.807) is 55.5 Å². The second-order valence-corrected chi connectivity index (χ2v) is 7.50. The summed E-state index contributed by atoms with van der Waals surface area (Å²) >= 11 is 7.11. The molecule has 0 aliphatic heterocycles. The van der Waals surface area contributed by atoms with Crippen molar-refractivity contribution in [1.29, 1.82) is 0 Å². The van der Waals surface area contributed by atoms with Crippen LogP contribution in [0.1, 0.15) is 17.3 Å². The number of nitrogens with zero attached hydrogens (tertiary/aromatic N) is 3. The van der Waals surface area contributed by atoms with Crippen LogP contribution < -0.4 is 16.7 Å². The zero-order chi connectivity index (χ0) is 20.1. The van der Waals surface area contributed by atoms with Crippen LogP contribution >= 0.6 is 23.4 Å². The number of aromatic nitrogens is 3. The monoisotopic (exact) mass is 416 g/mol. The van der Waals surface area contributed by atoms with Crippen LogP contribution in [0, 0.1) is 0 Å². The largest absolute Gasteiger partial charge is 0.335 e. The van der Waals surface area contributed by atoms with E-state index < -0.39 is 17.1 Å². The van der Waals surface area contributed by atoms with Crippen LogP contribution in [0.4, 0.5) is 0 Å². The molecular weight excluding hydrogens is 400 g/mol. The van der Waals surface area contributed by atoms with E-state index in [0.717, 1.165) is 11.8 Å². The maximum absolute atomic E-state index is 12.3. The molecule has 3 aromatic rings. The summed E-state index contributed by atoms with van der Waals surface area (Å²) in [6.45, 7) is 1.67. The first-order valence-corrected chi connectivity index (χ1v) is 9.50. The topological polar surface area (TPSA) is 115 Å². The van der Waals surface area contributed by atoms with Gasteiger partial charge in [0.25, 0.3) is 11.8 Å². The van der Waals surface area contributed by atoms with E-state index in [1.807, 2.05) is 6.07 Å². The highest BCUT2D eigenvalue weighted by atomic mass is 35.5. The van der Waals surface area contributed by atoms with Gasteiger partial charge in [-0.15, -0.1) is 10.2 Å². The van der Waals surface area contributed by atoms with Crippen molar-refractivity contribution in [3.63, 3.8) is 0 Å². The van der Waals surface area contributed by atoms with Crippen molar-refractivity contribution in [3.05, 3.63) is 65.2 Å². The predicted molar refractivity (Wildman–Crippen MR) is 108 cm³/mol. The lowest BCUT2D eigenvalue weighted by molar-refractivity contribution is -0.121. The minimum Gasteiger partial charge on any atom is -0.335 e. The minimum absolute atomic E-state index is 0.354. The van der Waals surface area contributed by atoms with Crippen molar-refractivity contribution in [1.82, 2.24) is 25.7 Å². The third-order valence-electron chi connectivity index (χ3n) is 3.73. The van der Waals surface area contributed by atoms with Gasteiger partial charge in [-0.3, -0.25) is 20.4 Å². The Kier molecular flexibility index (Phi) is 6.17. The molecule has 3 rings (SSSR count). The van der Waals surface area contributed by atoms with Gasteiger partial charge in [0.15, 0.2) is 5.82 Å². The number of nitrogens with one attached hydrogen (secondary N) is 2. The Hall–Kier alpha value is -3.04. The lowest BCUT2D eigenvalue weighted by Crippen LogP contribution is -2.45. The summed E-state index contributed by atoms with van der Waals surface area (Å²) in [6, 6.07) is 15.6. The highest BCUT2D eigenvalue weighted by Gasteiger charge is 2.20. The molecule has 0 spiro atoms. The van der Waals surface area contributed by atoms with Gasteiger partial charge in [-0.25, -0.2) is 4.68 Å². The molecule has 4 N–H and O–H groups in total. The summed E-state index contributed by atoms with van der Waals surface area (Å²) in [5.41, 5.74) is 5.92. The third kappa shape index (κ3) is 4.62. The van der Waals surface area contributed by atoms with Gasteiger partial charge in [-0.2, -0.15) is 0 Å². The number of nitrogen functional groups attached to an aromatic ring is 1. The molecular formula is C18H17ClN6O2S. The fourth-order valence-electron chi connectivity index (χ4n) is 2.28. The van der Waals surface area contributed by atoms with Crippen LogP contribution in [0.25, 0.3) is 11.4 Å². The minimum atomic E-state index is -0.574. The van der Waals surface area contributed by atoms with Crippen LogP contribution in [0.3, 0.4) is 0 Å². The quantitative estimate of drug-likeness (QED) is 0.334. The van der Waals surface area contributed by atoms with E-state index in [1.165, 1.54) is 4.68 Å². The molecule has 2 amide bonds. The van der Waals surface area contributed by atoms with Gasteiger partial charge < -0.3 is 5.84 Å². The maximum Gasteiger partial charge on any atom is 0.269 e. The first-order chi connectivity index (χ1) is 13.5. The van der Waals surface area contributed by atoms with E-state index in [-0.39, 0.29) is 0 Å². The number of amides is 2. The lowest BCUT2D eigenvalue weighted by Gasteiger charge is -2.12. The number of carbonyl (C=O) groups is 2. The van der Waals surface area contributed by atoms with Crippen LogP contribution in [-0.2, 0) is 4.79 Å². The molecule has 2 aromatic carbocycles. The predicted octanol–water partition coefficient (Wildman–Crippen LogP) is 2.25.